The van der Waals surface area contributed by atoms with Gasteiger partial charge in [-0.25, -0.2) is 0 Å². The van der Waals surface area contributed by atoms with Crippen molar-refractivity contribution in [2.45, 2.75) is 12.5 Å². The van der Waals surface area contributed by atoms with E-state index in [-0.39, 0.29) is 23.8 Å². The van der Waals surface area contributed by atoms with Crippen molar-refractivity contribution in [3.05, 3.63) is 59.2 Å². The van der Waals surface area contributed by atoms with Crippen LogP contribution in [-0.2, 0) is 0 Å². The molecular weight excluding hydrogens is 360 g/mol. The van der Waals surface area contributed by atoms with E-state index in [1.807, 2.05) is 0 Å². The average molecular weight is 380 g/mol. The zero-order valence-corrected chi connectivity index (χ0v) is 15.7. The van der Waals surface area contributed by atoms with E-state index in [2.05, 4.69) is 0 Å². The Kier molecular flexibility index (Phi) is 4.50. The Bertz CT molecular complexity index is 914. The van der Waals surface area contributed by atoms with Gasteiger partial charge in [-0.1, -0.05) is 12.1 Å². The molecule has 2 aromatic carbocycles. The molecule has 3 amide bonds. The van der Waals surface area contributed by atoms with Crippen LogP contribution in [0.3, 0.4) is 0 Å². The summed E-state index contributed by atoms with van der Waals surface area (Å²) in [6.45, 7) is 0.778. The Labute approximate surface area is 162 Å². The number of benzene rings is 2. The summed E-state index contributed by atoms with van der Waals surface area (Å²) in [6.07, 6.45) is 0.554. The molecule has 0 spiro atoms. The summed E-state index contributed by atoms with van der Waals surface area (Å²) in [7, 11) is 3.05. The van der Waals surface area contributed by atoms with Crippen LogP contribution in [0.25, 0.3) is 0 Å². The van der Waals surface area contributed by atoms with Crippen LogP contribution in [0.5, 0.6) is 11.5 Å². The number of rotatable bonds is 4. The minimum absolute atomic E-state index is 0.184. The summed E-state index contributed by atoms with van der Waals surface area (Å²) < 4.78 is 10.5. The van der Waals surface area contributed by atoms with Gasteiger partial charge in [-0.15, -0.1) is 0 Å². The van der Waals surface area contributed by atoms with Crippen molar-refractivity contribution in [2.75, 3.05) is 27.3 Å². The molecule has 0 aliphatic carbocycles. The fraction of sp³-hybridized carbons (Fsp3) is 0.286. The molecule has 0 saturated carbocycles. The molecule has 28 heavy (non-hydrogen) atoms. The number of hydrogen-bond donors (Lipinski definition) is 0. The van der Waals surface area contributed by atoms with E-state index in [1.54, 1.807) is 47.4 Å². The van der Waals surface area contributed by atoms with Gasteiger partial charge in [0, 0.05) is 24.7 Å². The third kappa shape index (κ3) is 2.89. The molecule has 7 heteroatoms. The van der Waals surface area contributed by atoms with Crippen LogP contribution in [0.15, 0.2) is 42.5 Å². The predicted molar refractivity (Wildman–Crippen MR) is 101 cm³/mol. The average Bonchev–Trinajstić information content (AvgIpc) is 3.30. The van der Waals surface area contributed by atoms with Gasteiger partial charge in [0.05, 0.1) is 31.4 Å². The van der Waals surface area contributed by atoms with E-state index in [4.69, 9.17) is 9.47 Å². The number of hydrogen-bond acceptors (Lipinski definition) is 5. The van der Waals surface area contributed by atoms with Crippen molar-refractivity contribution in [1.29, 1.82) is 0 Å². The minimum atomic E-state index is -0.330. The van der Waals surface area contributed by atoms with Crippen molar-refractivity contribution in [3.63, 3.8) is 0 Å². The summed E-state index contributed by atoms with van der Waals surface area (Å²) in [5.41, 5.74) is 1.30. The number of amides is 3. The lowest BCUT2D eigenvalue weighted by atomic mass is 10.1. The zero-order valence-electron chi connectivity index (χ0n) is 15.7. The Morgan fingerprint density at radius 3 is 2.07 bits per heavy atom. The van der Waals surface area contributed by atoms with E-state index >= 15 is 0 Å². The number of carbonyl (C=O) groups is 3. The summed E-state index contributed by atoms with van der Waals surface area (Å²) in [5, 5.41) is 0. The van der Waals surface area contributed by atoms with Gasteiger partial charge in [-0.3, -0.25) is 19.3 Å². The highest BCUT2D eigenvalue weighted by atomic mass is 16.5. The van der Waals surface area contributed by atoms with Gasteiger partial charge < -0.3 is 14.4 Å². The first-order chi connectivity index (χ1) is 13.5. The van der Waals surface area contributed by atoms with E-state index in [9.17, 15) is 14.4 Å². The van der Waals surface area contributed by atoms with Crippen LogP contribution in [-0.4, -0.2) is 60.9 Å². The Hall–Kier alpha value is -3.35. The number of likely N-dealkylation sites (tertiary alicyclic amines) is 1. The highest BCUT2D eigenvalue weighted by Crippen LogP contribution is 2.29. The van der Waals surface area contributed by atoms with Crippen molar-refractivity contribution in [1.82, 2.24) is 9.80 Å². The van der Waals surface area contributed by atoms with Gasteiger partial charge in [0.25, 0.3) is 17.7 Å². The van der Waals surface area contributed by atoms with Crippen LogP contribution < -0.4 is 9.47 Å². The van der Waals surface area contributed by atoms with E-state index in [0.29, 0.717) is 47.7 Å². The maximum absolute atomic E-state index is 13.0. The molecule has 0 aromatic heterocycles. The Balaban J connectivity index is 1.53. The number of nitrogens with zero attached hydrogens (tertiary/aromatic N) is 2. The number of ether oxygens (including phenoxy) is 2. The molecule has 4 rings (SSSR count). The van der Waals surface area contributed by atoms with Gasteiger partial charge in [0.15, 0.2) is 0 Å². The maximum atomic E-state index is 13.0. The second-order valence-electron chi connectivity index (χ2n) is 6.82. The van der Waals surface area contributed by atoms with Crippen molar-refractivity contribution in [2.24, 2.45) is 0 Å². The third-order valence-corrected chi connectivity index (χ3v) is 5.24. The number of methoxy groups -OCH3 is 2. The minimum Gasteiger partial charge on any atom is -0.497 e. The van der Waals surface area contributed by atoms with Crippen LogP contribution in [0.4, 0.5) is 0 Å². The highest BCUT2D eigenvalue weighted by Gasteiger charge is 2.42. The predicted octanol–water partition coefficient (Wildman–Crippen LogP) is 2.21. The molecule has 0 N–H and O–H groups in total. The first kappa shape index (κ1) is 18.0. The Morgan fingerprint density at radius 2 is 1.54 bits per heavy atom. The third-order valence-electron chi connectivity index (χ3n) is 5.24. The van der Waals surface area contributed by atoms with Crippen molar-refractivity contribution in [3.8, 4) is 11.5 Å². The van der Waals surface area contributed by atoms with Gasteiger partial charge in [-0.05, 0) is 30.7 Å². The number of fused-ring (bicyclic) bond motifs is 1. The molecule has 1 unspecified atom stereocenters. The fourth-order valence-corrected chi connectivity index (χ4v) is 3.79. The van der Waals surface area contributed by atoms with Gasteiger partial charge in [0.1, 0.15) is 11.5 Å². The number of carbonyl (C=O) groups excluding carboxylic acids is 3. The molecule has 1 saturated heterocycles. The summed E-state index contributed by atoms with van der Waals surface area (Å²) in [4.78, 5) is 41.3. The quantitative estimate of drug-likeness (QED) is 0.760. The molecule has 0 bridgehead atoms. The second-order valence-corrected chi connectivity index (χ2v) is 6.82. The molecule has 1 fully saturated rings. The molecule has 2 heterocycles. The normalized spacial score (nSPS) is 18.4. The molecule has 1 atom stereocenters. The molecule has 7 nitrogen and oxygen atoms in total. The highest BCUT2D eigenvalue weighted by molar-refractivity contribution is 6.21. The molecule has 2 aliphatic rings. The van der Waals surface area contributed by atoms with E-state index in [0.717, 1.165) is 0 Å². The largest absolute Gasteiger partial charge is 0.497 e. The molecule has 144 valence electrons. The van der Waals surface area contributed by atoms with Gasteiger partial charge in [0.2, 0.25) is 0 Å². The van der Waals surface area contributed by atoms with Crippen molar-refractivity contribution < 1.29 is 23.9 Å². The number of imide groups is 1. The fourth-order valence-electron chi connectivity index (χ4n) is 3.79. The SMILES string of the molecule is COc1cc(OC)cc(C(=O)N2CCC(N3C(=O)c4ccccc4C3=O)C2)c1. The first-order valence-electron chi connectivity index (χ1n) is 9.02. The van der Waals surface area contributed by atoms with E-state index < -0.39 is 0 Å². The van der Waals surface area contributed by atoms with Crippen molar-refractivity contribution >= 4 is 17.7 Å². The molecular formula is C21H20N2O5. The molecule has 0 radical (unpaired) electrons. The topological polar surface area (TPSA) is 76.2 Å². The molecule has 2 aromatic rings. The van der Waals surface area contributed by atoms with Gasteiger partial charge in [-0.2, -0.15) is 0 Å². The standard InChI is InChI=1S/C21H20N2O5/c1-27-15-9-13(10-16(11-15)28-2)19(24)22-8-7-14(12-22)23-20(25)17-5-3-4-6-18(17)21(23)26/h3-6,9-11,14H,7-8,12H2,1-2H3. The van der Waals surface area contributed by atoms with Crippen LogP contribution in [0.2, 0.25) is 0 Å². The lowest BCUT2D eigenvalue weighted by Gasteiger charge is -2.23. The monoisotopic (exact) mass is 380 g/mol. The summed E-state index contributed by atoms with van der Waals surface area (Å²) in [6, 6.07) is 11.5. The zero-order chi connectivity index (χ0) is 19.8. The van der Waals surface area contributed by atoms with E-state index in [1.165, 1.54) is 19.1 Å². The smallest absolute Gasteiger partial charge is 0.261 e. The lowest BCUT2D eigenvalue weighted by Crippen LogP contribution is -2.42. The first-order valence-corrected chi connectivity index (χ1v) is 9.02. The molecule has 2 aliphatic heterocycles. The Morgan fingerprint density at radius 1 is 0.964 bits per heavy atom. The van der Waals surface area contributed by atoms with Gasteiger partial charge >= 0.3 is 0 Å². The van der Waals surface area contributed by atoms with Crippen LogP contribution in [0, 0.1) is 0 Å². The lowest BCUT2D eigenvalue weighted by molar-refractivity contribution is 0.0574. The van der Waals surface area contributed by atoms with Crippen LogP contribution >= 0.6 is 0 Å². The van der Waals surface area contributed by atoms with Crippen LogP contribution in [0.1, 0.15) is 37.5 Å². The maximum Gasteiger partial charge on any atom is 0.261 e. The summed E-state index contributed by atoms with van der Waals surface area (Å²) >= 11 is 0. The summed E-state index contributed by atoms with van der Waals surface area (Å²) in [5.74, 6) is 0.291. The second kappa shape index (κ2) is 6.99.